The van der Waals surface area contributed by atoms with E-state index in [2.05, 4.69) is 25.3 Å². The van der Waals surface area contributed by atoms with Gasteiger partial charge in [-0.3, -0.25) is 4.98 Å². The molecule has 7 heteroatoms. The van der Waals surface area contributed by atoms with Gasteiger partial charge in [0.15, 0.2) is 0 Å². The van der Waals surface area contributed by atoms with Crippen molar-refractivity contribution in [1.29, 1.82) is 0 Å². The second-order valence-corrected chi connectivity index (χ2v) is 4.06. The number of pyridine rings is 1. The Balaban J connectivity index is 2.19. The molecule has 2 rings (SSSR count). The van der Waals surface area contributed by atoms with E-state index in [1.165, 1.54) is 0 Å². The summed E-state index contributed by atoms with van der Waals surface area (Å²) in [6.07, 6.45) is 2.49. The van der Waals surface area contributed by atoms with Crippen LogP contribution in [0.15, 0.2) is 18.3 Å². The van der Waals surface area contributed by atoms with Gasteiger partial charge in [-0.2, -0.15) is 9.97 Å². The van der Waals surface area contributed by atoms with Crippen LogP contribution in [-0.4, -0.2) is 33.6 Å². The number of hydrogen-bond acceptors (Lipinski definition) is 7. The van der Waals surface area contributed by atoms with E-state index in [0.29, 0.717) is 18.3 Å². The van der Waals surface area contributed by atoms with Crippen LogP contribution in [0.5, 0.6) is 17.8 Å². The monoisotopic (exact) mass is 275 g/mol. The summed E-state index contributed by atoms with van der Waals surface area (Å²) in [7, 11) is 1.72. The number of anilines is 1. The van der Waals surface area contributed by atoms with Gasteiger partial charge in [-0.25, -0.2) is 0 Å². The minimum absolute atomic E-state index is 0.168. The number of hydrogen-bond donors (Lipinski definition) is 1. The van der Waals surface area contributed by atoms with Crippen LogP contribution < -0.4 is 14.8 Å². The summed E-state index contributed by atoms with van der Waals surface area (Å²) in [6.45, 7) is 4.46. The lowest BCUT2D eigenvalue weighted by molar-refractivity contribution is 0.285. The first-order chi connectivity index (χ1) is 9.71. The quantitative estimate of drug-likeness (QED) is 0.865. The lowest BCUT2D eigenvalue weighted by Crippen LogP contribution is -2.06. The number of rotatable bonds is 6. The summed E-state index contributed by atoms with van der Waals surface area (Å²) in [5.74, 6) is 0.950. The van der Waals surface area contributed by atoms with Crippen molar-refractivity contribution >= 4 is 5.95 Å². The molecule has 2 aromatic rings. The third kappa shape index (κ3) is 3.78. The Labute approximate surface area is 117 Å². The fraction of sp³-hybridized carbons (Fsp3) is 0.385. The van der Waals surface area contributed by atoms with Crippen LogP contribution in [-0.2, 0) is 0 Å². The molecule has 2 heterocycles. The molecule has 7 nitrogen and oxygen atoms in total. The average molecular weight is 275 g/mol. The minimum atomic E-state index is 0.168. The molecule has 106 valence electrons. The van der Waals surface area contributed by atoms with E-state index in [4.69, 9.17) is 9.47 Å². The molecule has 0 atom stereocenters. The predicted octanol–water partition coefficient (Wildman–Crippen LogP) is 2.20. The highest BCUT2D eigenvalue weighted by molar-refractivity contribution is 5.29. The summed E-state index contributed by atoms with van der Waals surface area (Å²) in [6, 6.07) is 4.06. The van der Waals surface area contributed by atoms with Crippen LogP contribution >= 0.6 is 0 Å². The lowest BCUT2D eigenvalue weighted by Gasteiger charge is -2.08. The largest absolute Gasteiger partial charge is 0.463 e. The standard InChI is InChI=1S/C13H17N5O2/c1-4-7-19-12-16-11(14-3)17-13(18-12)20-10-6-5-9(2)15-8-10/h5-6,8H,4,7H2,1-3H3,(H,14,16,17,18). The van der Waals surface area contributed by atoms with Crippen molar-refractivity contribution in [1.82, 2.24) is 19.9 Å². The van der Waals surface area contributed by atoms with Crippen molar-refractivity contribution in [3.63, 3.8) is 0 Å². The Hall–Kier alpha value is -2.44. The van der Waals surface area contributed by atoms with Crippen molar-refractivity contribution in [2.75, 3.05) is 19.0 Å². The highest BCUT2D eigenvalue weighted by atomic mass is 16.5. The molecule has 0 spiro atoms. The van der Waals surface area contributed by atoms with Crippen LogP contribution in [0.1, 0.15) is 19.0 Å². The maximum absolute atomic E-state index is 5.55. The van der Waals surface area contributed by atoms with Crippen molar-refractivity contribution in [3.05, 3.63) is 24.0 Å². The van der Waals surface area contributed by atoms with Gasteiger partial charge >= 0.3 is 12.0 Å². The number of nitrogens with one attached hydrogen (secondary N) is 1. The van der Waals surface area contributed by atoms with E-state index < -0.39 is 0 Å². The second kappa shape index (κ2) is 6.65. The van der Waals surface area contributed by atoms with Crippen LogP contribution in [0.4, 0.5) is 5.95 Å². The molecule has 0 aromatic carbocycles. The number of nitrogens with zero attached hydrogens (tertiary/aromatic N) is 4. The Kier molecular flexibility index (Phi) is 4.65. The molecule has 0 saturated heterocycles. The molecule has 0 fully saturated rings. The highest BCUT2D eigenvalue weighted by Gasteiger charge is 2.08. The summed E-state index contributed by atoms with van der Waals surface area (Å²) in [5, 5.41) is 2.84. The minimum Gasteiger partial charge on any atom is -0.463 e. The maximum atomic E-state index is 5.55. The molecule has 20 heavy (non-hydrogen) atoms. The number of aryl methyl sites for hydroxylation is 1. The number of ether oxygens (including phenoxy) is 2. The third-order valence-corrected chi connectivity index (χ3v) is 2.35. The van der Waals surface area contributed by atoms with Crippen molar-refractivity contribution in [2.24, 2.45) is 0 Å². The zero-order chi connectivity index (χ0) is 14.4. The molecular formula is C13H17N5O2. The smallest absolute Gasteiger partial charge is 0.330 e. The summed E-state index contributed by atoms with van der Waals surface area (Å²) < 4.78 is 10.9. The fourth-order valence-corrected chi connectivity index (χ4v) is 1.37. The molecule has 0 aliphatic rings. The van der Waals surface area contributed by atoms with Gasteiger partial charge in [0.1, 0.15) is 5.75 Å². The highest BCUT2D eigenvalue weighted by Crippen LogP contribution is 2.19. The first-order valence-electron chi connectivity index (χ1n) is 6.38. The lowest BCUT2D eigenvalue weighted by atomic mass is 10.4. The van der Waals surface area contributed by atoms with Gasteiger partial charge in [-0.05, 0) is 25.5 Å². The molecule has 1 N–H and O–H groups in total. The van der Waals surface area contributed by atoms with Crippen molar-refractivity contribution in [3.8, 4) is 17.8 Å². The van der Waals surface area contributed by atoms with Crippen LogP contribution in [0.25, 0.3) is 0 Å². The first kappa shape index (κ1) is 14.0. The maximum Gasteiger partial charge on any atom is 0.330 e. The van der Waals surface area contributed by atoms with Crippen LogP contribution in [0.3, 0.4) is 0 Å². The van der Waals surface area contributed by atoms with Gasteiger partial charge in [-0.1, -0.05) is 6.92 Å². The topological polar surface area (TPSA) is 82.0 Å². The van der Waals surface area contributed by atoms with Gasteiger partial charge in [0.2, 0.25) is 5.95 Å². The van der Waals surface area contributed by atoms with E-state index in [-0.39, 0.29) is 12.0 Å². The van der Waals surface area contributed by atoms with E-state index >= 15 is 0 Å². The first-order valence-corrected chi connectivity index (χ1v) is 6.38. The molecule has 2 aromatic heterocycles. The van der Waals surface area contributed by atoms with Crippen molar-refractivity contribution in [2.45, 2.75) is 20.3 Å². The van der Waals surface area contributed by atoms with Crippen LogP contribution in [0.2, 0.25) is 0 Å². The van der Waals surface area contributed by atoms with Gasteiger partial charge in [0, 0.05) is 12.7 Å². The summed E-state index contributed by atoms with van der Waals surface area (Å²) in [5.41, 5.74) is 0.913. The van der Waals surface area contributed by atoms with Gasteiger partial charge in [-0.15, -0.1) is 4.98 Å². The zero-order valence-electron chi connectivity index (χ0n) is 11.8. The summed E-state index contributed by atoms with van der Waals surface area (Å²) >= 11 is 0. The van der Waals surface area contributed by atoms with Crippen molar-refractivity contribution < 1.29 is 9.47 Å². The molecule has 0 aliphatic heterocycles. The molecular weight excluding hydrogens is 258 g/mol. The second-order valence-electron chi connectivity index (χ2n) is 4.06. The van der Waals surface area contributed by atoms with Crippen LogP contribution in [0, 0.1) is 6.92 Å². The van der Waals surface area contributed by atoms with E-state index in [9.17, 15) is 0 Å². The Morgan fingerprint density at radius 2 is 1.95 bits per heavy atom. The molecule has 0 saturated carbocycles. The molecule has 0 bridgehead atoms. The molecule has 0 aliphatic carbocycles. The molecule has 0 unspecified atom stereocenters. The van der Waals surface area contributed by atoms with E-state index in [1.54, 1.807) is 19.3 Å². The normalized spacial score (nSPS) is 10.2. The molecule has 0 amide bonds. The summed E-state index contributed by atoms with van der Waals surface area (Å²) in [4.78, 5) is 16.5. The van der Waals surface area contributed by atoms with Gasteiger partial charge < -0.3 is 14.8 Å². The average Bonchev–Trinajstić information content (AvgIpc) is 2.47. The van der Waals surface area contributed by atoms with Gasteiger partial charge in [0.25, 0.3) is 0 Å². The van der Waals surface area contributed by atoms with E-state index in [1.807, 2.05) is 19.9 Å². The SMILES string of the molecule is CCCOc1nc(NC)nc(Oc2ccc(C)nc2)n1. The fourth-order valence-electron chi connectivity index (χ4n) is 1.37. The Morgan fingerprint density at radius 3 is 2.60 bits per heavy atom. The predicted molar refractivity (Wildman–Crippen MR) is 74.2 cm³/mol. The number of aromatic nitrogens is 4. The molecule has 0 radical (unpaired) electrons. The van der Waals surface area contributed by atoms with Gasteiger partial charge in [0.05, 0.1) is 12.8 Å². The third-order valence-electron chi connectivity index (χ3n) is 2.35. The van der Waals surface area contributed by atoms with E-state index in [0.717, 1.165) is 12.1 Å². The zero-order valence-corrected chi connectivity index (χ0v) is 11.8. The Bertz CT molecular complexity index is 559. The Morgan fingerprint density at radius 1 is 1.15 bits per heavy atom.